The van der Waals surface area contributed by atoms with E-state index in [1.807, 2.05) is 18.2 Å². The SMILES string of the molecule is O=C(O)CN(CC1CC1)C1CC(NCc2ccc3c(c2)NC(=O)CO3)C1. The number of aliphatic carboxylic acids is 1. The van der Waals surface area contributed by atoms with Crippen molar-refractivity contribution in [3.05, 3.63) is 23.8 Å². The first kappa shape index (κ1) is 17.3. The Hall–Kier alpha value is -2.12. The molecule has 0 radical (unpaired) electrons. The number of anilines is 1. The Morgan fingerprint density at radius 2 is 2.15 bits per heavy atom. The van der Waals surface area contributed by atoms with Gasteiger partial charge in [-0.15, -0.1) is 0 Å². The van der Waals surface area contributed by atoms with Gasteiger partial charge in [0, 0.05) is 25.2 Å². The van der Waals surface area contributed by atoms with Crippen molar-refractivity contribution in [3.8, 4) is 5.75 Å². The number of fused-ring (bicyclic) bond motifs is 1. The third-order valence-electron chi connectivity index (χ3n) is 5.43. The van der Waals surface area contributed by atoms with Gasteiger partial charge < -0.3 is 20.5 Å². The van der Waals surface area contributed by atoms with Gasteiger partial charge in [-0.05, 0) is 49.3 Å². The highest BCUT2D eigenvalue weighted by molar-refractivity contribution is 5.95. The molecule has 1 aliphatic heterocycles. The fraction of sp³-hybridized carbons (Fsp3) is 0.579. The average Bonchev–Trinajstić information content (AvgIpc) is 3.36. The number of carbonyl (C=O) groups excluding carboxylic acids is 1. The molecule has 2 aliphatic carbocycles. The molecule has 0 spiro atoms. The van der Waals surface area contributed by atoms with Crippen molar-refractivity contribution in [2.75, 3.05) is 25.0 Å². The number of benzene rings is 1. The van der Waals surface area contributed by atoms with Crippen molar-refractivity contribution >= 4 is 17.6 Å². The van der Waals surface area contributed by atoms with Crippen LogP contribution in [0.15, 0.2) is 18.2 Å². The molecule has 140 valence electrons. The van der Waals surface area contributed by atoms with Crippen LogP contribution in [0.4, 0.5) is 5.69 Å². The summed E-state index contributed by atoms with van der Waals surface area (Å²) in [7, 11) is 0. The topological polar surface area (TPSA) is 90.9 Å². The van der Waals surface area contributed by atoms with Gasteiger partial charge >= 0.3 is 5.97 Å². The summed E-state index contributed by atoms with van der Waals surface area (Å²) in [5, 5.41) is 15.5. The van der Waals surface area contributed by atoms with Crippen LogP contribution in [0.5, 0.6) is 5.75 Å². The van der Waals surface area contributed by atoms with E-state index >= 15 is 0 Å². The number of carboxylic acids is 1. The fourth-order valence-corrected chi connectivity index (χ4v) is 3.70. The quantitative estimate of drug-likeness (QED) is 0.651. The van der Waals surface area contributed by atoms with E-state index in [0.717, 1.165) is 37.2 Å². The minimum absolute atomic E-state index is 0.0712. The largest absolute Gasteiger partial charge is 0.482 e. The van der Waals surface area contributed by atoms with E-state index in [-0.39, 0.29) is 19.1 Å². The highest BCUT2D eigenvalue weighted by atomic mass is 16.5. The Labute approximate surface area is 152 Å². The molecule has 0 aromatic heterocycles. The van der Waals surface area contributed by atoms with Gasteiger partial charge in [0.15, 0.2) is 6.61 Å². The van der Waals surface area contributed by atoms with Gasteiger partial charge in [0.05, 0.1) is 12.2 Å². The molecule has 1 heterocycles. The zero-order valence-electron chi connectivity index (χ0n) is 14.7. The number of hydrogen-bond acceptors (Lipinski definition) is 5. The van der Waals surface area contributed by atoms with E-state index in [0.29, 0.717) is 23.8 Å². The molecule has 0 bridgehead atoms. The van der Waals surface area contributed by atoms with Crippen LogP contribution in [0.25, 0.3) is 0 Å². The lowest BCUT2D eigenvalue weighted by atomic mass is 9.85. The third-order valence-corrected chi connectivity index (χ3v) is 5.43. The average molecular weight is 359 g/mol. The van der Waals surface area contributed by atoms with E-state index in [1.165, 1.54) is 12.8 Å². The molecule has 0 atom stereocenters. The van der Waals surface area contributed by atoms with Crippen molar-refractivity contribution in [1.29, 1.82) is 0 Å². The van der Waals surface area contributed by atoms with Crippen LogP contribution < -0.4 is 15.4 Å². The molecule has 0 unspecified atom stereocenters. The second-order valence-electron chi connectivity index (χ2n) is 7.64. The lowest BCUT2D eigenvalue weighted by Gasteiger charge is -2.43. The molecule has 3 aliphatic rings. The maximum atomic E-state index is 11.4. The van der Waals surface area contributed by atoms with Crippen molar-refractivity contribution in [2.24, 2.45) is 5.92 Å². The van der Waals surface area contributed by atoms with Crippen molar-refractivity contribution in [2.45, 2.75) is 44.3 Å². The Morgan fingerprint density at radius 3 is 2.88 bits per heavy atom. The summed E-state index contributed by atoms with van der Waals surface area (Å²) in [5.74, 6) is 0.551. The molecule has 7 heteroatoms. The summed E-state index contributed by atoms with van der Waals surface area (Å²) in [5.41, 5.74) is 1.82. The molecule has 1 amide bonds. The Bertz CT molecular complexity index is 698. The Kier molecular flexibility index (Phi) is 4.82. The van der Waals surface area contributed by atoms with Gasteiger partial charge in [0.1, 0.15) is 5.75 Å². The van der Waals surface area contributed by atoms with Crippen LogP contribution in [0.3, 0.4) is 0 Å². The summed E-state index contributed by atoms with van der Waals surface area (Å²) in [6.07, 6.45) is 4.46. The van der Waals surface area contributed by atoms with Gasteiger partial charge in [0.2, 0.25) is 0 Å². The first-order valence-electron chi connectivity index (χ1n) is 9.31. The molecule has 1 aromatic carbocycles. The molecule has 3 N–H and O–H groups in total. The molecule has 7 nitrogen and oxygen atoms in total. The lowest BCUT2D eigenvalue weighted by Crippen LogP contribution is -2.54. The number of ether oxygens (including phenoxy) is 1. The number of amides is 1. The molecule has 4 rings (SSSR count). The summed E-state index contributed by atoms with van der Waals surface area (Å²) in [6.45, 7) is 1.87. The standard InChI is InChI=1S/C19H25N3O4/c23-18-11-26-17-4-3-13(5-16(17)21-18)8-20-14-6-15(7-14)22(10-19(24)25)9-12-1-2-12/h3-5,12,14-15,20H,1-2,6-11H2,(H,21,23)(H,24,25). The summed E-state index contributed by atoms with van der Waals surface area (Å²) in [4.78, 5) is 24.7. The molecule has 26 heavy (non-hydrogen) atoms. The molecule has 2 fully saturated rings. The first-order chi connectivity index (χ1) is 12.6. The van der Waals surface area contributed by atoms with Crippen molar-refractivity contribution in [3.63, 3.8) is 0 Å². The number of carboxylic acid groups (broad SMARTS) is 1. The normalized spacial score (nSPS) is 24.4. The monoisotopic (exact) mass is 359 g/mol. The van der Waals surface area contributed by atoms with Crippen LogP contribution in [0.2, 0.25) is 0 Å². The summed E-state index contributed by atoms with van der Waals surface area (Å²) in [6, 6.07) is 6.63. The van der Waals surface area contributed by atoms with Crippen molar-refractivity contribution in [1.82, 2.24) is 10.2 Å². The van der Waals surface area contributed by atoms with Gasteiger partial charge in [-0.1, -0.05) is 6.07 Å². The van der Waals surface area contributed by atoms with Gasteiger partial charge in [0.25, 0.3) is 5.91 Å². The van der Waals surface area contributed by atoms with Gasteiger partial charge in [-0.25, -0.2) is 0 Å². The molecule has 1 aromatic rings. The van der Waals surface area contributed by atoms with E-state index in [4.69, 9.17) is 9.84 Å². The van der Waals surface area contributed by atoms with Gasteiger partial charge in [-0.3, -0.25) is 14.5 Å². The zero-order valence-corrected chi connectivity index (χ0v) is 14.7. The third kappa shape index (κ3) is 4.16. The van der Waals surface area contributed by atoms with Crippen LogP contribution in [0, 0.1) is 5.92 Å². The minimum Gasteiger partial charge on any atom is -0.482 e. The summed E-state index contributed by atoms with van der Waals surface area (Å²) >= 11 is 0. The van der Waals surface area contributed by atoms with Crippen LogP contribution in [-0.2, 0) is 16.1 Å². The molecule has 2 saturated carbocycles. The van der Waals surface area contributed by atoms with E-state index in [2.05, 4.69) is 15.5 Å². The maximum absolute atomic E-state index is 11.4. The summed E-state index contributed by atoms with van der Waals surface area (Å²) < 4.78 is 5.37. The Morgan fingerprint density at radius 1 is 1.35 bits per heavy atom. The smallest absolute Gasteiger partial charge is 0.317 e. The van der Waals surface area contributed by atoms with Crippen LogP contribution in [-0.4, -0.2) is 53.7 Å². The second-order valence-corrected chi connectivity index (χ2v) is 7.64. The van der Waals surface area contributed by atoms with Crippen molar-refractivity contribution < 1.29 is 19.4 Å². The highest BCUT2D eigenvalue weighted by Crippen LogP contribution is 2.34. The predicted octanol–water partition coefficient (Wildman–Crippen LogP) is 1.43. The maximum Gasteiger partial charge on any atom is 0.317 e. The first-order valence-corrected chi connectivity index (χ1v) is 9.31. The van der Waals surface area contributed by atoms with E-state index in [9.17, 15) is 9.59 Å². The number of nitrogens with one attached hydrogen (secondary N) is 2. The Balaban J connectivity index is 1.25. The molecular weight excluding hydrogens is 334 g/mol. The lowest BCUT2D eigenvalue weighted by molar-refractivity contribution is -0.139. The van der Waals surface area contributed by atoms with Gasteiger partial charge in [-0.2, -0.15) is 0 Å². The number of carbonyl (C=O) groups is 2. The second kappa shape index (κ2) is 7.25. The number of hydrogen-bond donors (Lipinski definition) is 3. The zero-order chi connectivity index (χ0) is 18.1. The van der Waals surface area contributed by atoms with E-state index < -0.39 is 5.97 Å². The highest BCUT2D eigenvalue weighted by Gasteiger charge is 2.36. The van der Waals surface area contributed by atoms with Crippen LogP contribution in [0.1, 0.15) is 31.2 Å². The number of nitrogens with zero attached hydrogens (tertiary/aromatic N) is 1. The molecular formula is C19H25N3O4. The van der Waals surface area contributed by atoms with E-state index in [1.54, 1.807) is 0 Å². The molecule has 0 saturated heterocycles. The van der Waals surface area contributed by atoms with Crippen LogP contribution >= 0.6 is 0 Å². The predicted molar refractivity (Wildman–Crippen MR) is 96.1 cm³/mol. The number of rotatable bonds is 8. The fourth-order valence-electron chi connectivity index (χ4n) is 3.70. The minimum atomic E-state index is -0.736.